The maximum atomic E-state index is 3.80. The Hall–Kier alpha value is -0.300. The van der Waals surface area contributed by atoms with Gasteiger partial charge in [0.25, 0.3) is 0 Å². The molecule has 1 atom stereocenters. The summed E-state index contributed by atoms with van der Waals surface area (Å²) >= 11 is 0. The van der Waals surface area contributed by atoms with Gasteiger partial charge in [-0.25, -0.2) is 0 Å². The normalized spacial score (nSPS) is 13.1. The van der Waals surface area contributed by atoms with E-state index in [-0.39, 0.29) is 0 Å². The molecule has 0 amide bonds. The van der Waals surface area contributed by atoms with E-state index >= 15 is 0 Å². The van der Waals surface area contributed by atoms with Crippen molar-refractivity contribution < 1.29 is 0 Å². The van der Waals surface area contributed by atoms with Crippen LogP contribution in [-0.2, 0) is 0 Å². The van der Waals surface area contributed by atoms with Crippen LogP contribution in [0.2, 0.25) is 0 Å². The summed E-state index contributed by atoms with van der Waals surface area (Å²) in [5, 5.41) is 0. The summed E-state index contributed by atoms with van der Waals surface area (Å²) in [5.41, 5.74) is 0. The van der Waals surface area contributed by atoms with Crippen LogP contribution in [0.5, 0.6) is 0 Å². The molecule has 0 aromatic carbocycles. The van der Waals surface area contributed by atoms with E-state index in [1.807, 2.05) is 6.08 Å². The van der Waals surface area contributed by atoms with Crippen molar-refractivity contribution in [3.8, 4) is 0 Å². The van der Waals surface area contributed by atoms with Gasteiger partial charge in [0.1, 0.15) is 0 Å². The minimum Gasteiger partial charge on any atom is -0.303 e. The fourth-order valence-corrected chi connectivity index (χ4v) is 1.72. The van der Waals surface area contributed by atoms with Crippen LogP contribution in [0.15, 0.2) is 12.7 Å². The molecule has 0 bridgehead atoms. The van der Waals surface area contributed by atoms with Gasteiger partial charge in [0, 0.05) is 13.1 Å². The Morgan fingerprint density at radius 2 is 1.93 bits per heavy atom. The lowest BCUT2D eigenvalue weighted by Crippen LogP contribution is -2.30. The van der Waals surface area contributed by atoms with Gasteiger partial charge in [-0.2, -0.15) is 0 Å². The highest BCUT2D eigenvalue weighted by Gasteiger charge is 2.07. The topological polar surface area (TPSA) is 3.24 Å². The minimum absolute atomic E-state index is 0.830. The summed E-state index contributed by atoms with van der Waals surface area (Å²) in [6, 6.07) is 0. The third-order valence-corrected chi connectivity index (χ3v) is 2.99. The molecule has 0 fully saturated rings. The zero-order valence-electron chi connectivity index (χ0n) is 11.0. The Morgan fingerprint density at radius 1 is 1.20 bits per heavy atom. The van der Waals surface area contributed by atoms with Gasteiger partial charge in [0.2, 0.25) is 0 Å². The first-order valence-electron chi connectivity index (χ1n) is 6.57. The first-order chi connectivity index (χ1) is 7.24. The SMILES string of the molecule is C=CCCN(CCCCC)CC(C)CC. The number of hydrogen-bond acceptors (Lipinski definition) is 1. The molecule has 0 N–H and O–H groups in total. The summed E-state index contributed by atoms with van der Waals surface area (Å²) in [6.07, 6.45) is 8.48. The molecule has 0 aromatic heterocycles. The predicted molar refractivity (Wildman–Crippen MR) is 70.2 cm³/mol. The van der Waals surface area contributed by atoms with Gasteiger partial charge in [0.15, 0.2) is 0 Å². The van der Waals surface area contributed by atoms with Crippen LogP contribution in [0, 0.1) is 5.92 Å². The third kappa shape index (κ3) is 8.68. The van der Waals surface area contributed by atoms with Crippen molar-refractivity contribution in [3.05, 3.63) is 12.7 Å². The summed E-state index contributed by atoms with van der Waals surface area (Å²) in [5.74, 6) is 0.830. The van der Waals surface area contributed by atoms with E-state index in [1.54, 1.807) is 0 Å². The van der Waals surface area contributed by atoms with Crippen LogP contribution >= 0.6 is 0 Å². The van der Waals surface area contributed by atoms with E-state index in [0.29, 0.717) is 0 Å². The highest BCUT2D eigenvalue weighted by molar-refractivity contribution is 4.71. The molecule has 0 aromatic rings. The average molecular weight is 211 g/mol. The molecule has 15 heavy (non-hydrogen) atoms. The second-order valence-corrected chi connectivity index (χ2v) is 4.60. The Balaban J connectivity index is 3.77. The van der Waals surface area contributed by atoms with Gasteiger partial charge in [-0.05, 0) is 25.3 Å². The average Bonchev–Trinajstić information content (AvgIpc) is 2.25. The Labute approximate surface area is 96.6 Å². The molecule has 0 aliphatic rings. The highest BCUT2D eigenvalue weighted by atomic mass is 15.1. The molecule has 0 radical (unpaired) electrons. The zero-order valence-corrected chi connectivity index (χ0v) is 11.0. The van der Waals surface area contributed by atoms with Gasteiger partial charge in [-0.1, -0.05) is 46.1 Å². The minimum atomic E-state index is 0.830. The molecule has 1 heteroatoms. The van der Waals surface area contributed by atoms with E-state index in [1.165, 1.54) is 45.3 Å². The van der Waals surface area contributed by atoms with Crippen molar-refractivity contribution in [3.63, 3.8) is 0 Å². The Kier molecular flexibility index (Phi) is 10.0. The molecule has 0 rings (SSSR count). The van der Waals surface area contributed by atoms with Gasteiger partial charge < -0.3 is 4.90 Å². The summed E-state index contributed by atoms with van der Waals surface area (Å²) in [7, 11) is 0. The van der Waals surface area contributed by atoms with Crippen molar-refractivity contribution in [2.45, 2.75) is 52.9 Å². The molecule has 1 unspecified atom stereocenters. The summed E-state index contributed by atoms with van der Waals surface area (Å²) in [6.45, 7) is 14.4. The van der Waals surface area contributed by atoms with Crippen molar-refractivity contribution in [1.29, 1.82) is 0 Å². The van der Waals surface area contributed by atoms with Crippen molar-refractivity contribution in [1.82, 2.24) is 4.90 Å². The molecule has 0 heterocycles. The summed E-state index contributed by atoms with van der Waals surface area (Å²) < 4.78 is 0. The van der Waals surface area contributed by atoms with E-state index < -0.39 is 0 Å². The third-order valence-electron chi connectivity index (χ3n) is 2.99. The maximum Gasteiger partial charge on any atom is 0.00159 e. The molecule has 0 aliphatic heterocycles. The molecule has 90 valence electrons. The maximum absolute atomic E-state index is 3.80. The van der Waals surface area contributed by atoms with Crippen LogP contribution in [0.3, 0.4) is 0 Å². The monoisotopic (exact) mass is 211 g/mol. The lowest BCUT2D eigenvalue weighted by Gasteiger charge is -2.24. The fraction of sp³-hybridized carbons (Fsp3) is 0.857. The number of hydrogen-bond donors (Lipinski definition) is 0. The number of rotatable bonds is 10. The number of unbranched alkanes of at least 4 members (excludes halogenated alkanes) is 2. The lowest BCUT2D eigenvalue weighted by atomic mass is 10.1. The van der Waals surface area contributed by atoms with Gasteiger partial charge >= 0.3 is 0 Å². The van der Waals surface area contributed by atoms with Crippen molar-refractivity contribution >= 4 is 0 Å². The van der Waals surface area contributed by atoms with Crippen LogP contribution in [0.4, 0.5) is 0 Å². The van der Waals surface area contributed by atoms with Crippen molar-refractivity contribution in [2.24, 2.45) is 5.92 Å². The first kappa shape index (κ1) is 14.7. The standard InChI is InChI=1S/C14H29N/c1-5-8-10-12-15(11-9-6-2)13-14(4)7-3/h6,14H,2,5,7-13H2,1,3-4H3. The van der Waals surface area contributed by atoms with Crippen molar-refractivity contribution in [2.75, 3.05) is 19.6 Å². The molecule has 0 saturated carbocycles. The largest absolute Gasteiger partial charge is 0.303 e. The molecule has 1 nitrogen and oxygen atoms in total. The van der Waals surface area contributed by atoms with E-state index in [9.17, 15) is 0 Å². The molecule has 0 aliphatic carbocycles. The number of nitrogens with zero attached hydrogens (tertiary/aromatic N) is 1. The Morgan fingerprint density at radius 3 is 2.47 bits per heavy atom. The molecule has 0 spiro atoms. The lowest BCUT2D eigenvalue weighted by molar-refractivity contribution is 0.234. The zero-order chi connectivity index (χ0) is 11.5. The first-order valence-corrected chi connectivity index (χ1v) is 6.57. The molecular weight excluding hydrogens is 182 g/mol. The van der Waals surface area contributed by atoms with Gasteiger partial charge in [-0.15, -0.1) is 6.58 Å². The van der Waals surface area contributed by atoms with Crippen LogP contribution in [0.1, 0.15) is 52.9 Å². The van der Waals surface area contributed by atoms with E-state index in [4.69, 9.17) is 0 Å². The van der Waals surface area contributed by atoms with Crippen LogP contribution < -0.4 is 0 Å². The quantitative estimate of drug-likeness (QED) is 0.388. The highest BCUT2D eigenvalue weighted by Crippen LogP contribution is 2.07. The van der Waals surface area contributed by atoms with Gasteiger partial charge in [0.05, 0.1) is 0 Å². The van der Waals surface area contributed by atoms with E-state index in [0.717, 1.165) is 12.3 Å². The smallest absolute Gasteiger partial charge is 0.00159 e. The van der Waals surface area contributed by atoms with Gasteiger partial charge in [-0.3, -0.25) is 0 Å². The second-order valence-electron chi connectivity index (χ2n) is 4.60. The Bertz CT molecular complexity index is 142. The van der Waals surface area contributed by atoms with E-state index in [2.05, 4.69) is 32.3 Å². The second kappa shape index (κ2) is 10.2. The molecular formula is C14H29N. The van der Waals surface area contributed by atoms with Crippen LogP contribution in [0.25, 0.3) is 0 Å². The summed E-state index contributed by atoms with van der Waals surface area (Å²) in [4.78, 5) is 2.60. The van der Waals surface area contributed by atoms with Crippen LogP contribution in [-0.4, -0.2) is 24.5 Å². The fourth-order valence-electron chi connectivity index (χ4n) is 1.72. The predicted octanol–water partition coefficient (Wildman–Crippen LogP) is 4.10. The molecule has 0 saturated heterocycles.